The van der Waals surface area contributed by atoms with E-state index in [1.165, 1.54) is 0 Å². The zero-order valence-corrected chi connectivity index (χ0v) is 12.1. The van der Waals surface area contributed by atoms with Crippen LogP contribution in [0.1, 0.15) is 11.1 Å². The number of aliphatic hydroxyl groups excluding tert-OH is 1. The lowest BCUT2D eigenvalue weighted by Gasteiger charge is -2.10. The van der Waals surface area contributed by atoms with E-state index in [2.05, 4.69) is 15.9 Å². The van der Waals surface area contributed by atoms with Crippen molar-refractivity contribution in [1.82, 2.24) is 0 Å². The number of aliphatic hydroxyl groups is 1. The summed E-state index contributed by atoms with van der Waals surface area (Å²) >= 11 is 9.36. The zero-order chi connectivity index (χ0) is 13.8. The van der Waals surface area contributed by atoms with Crippen LogP contribution in [0.4, 0.5) is 0 Å². The summed E-state index contributed by atoms with van der Waals surface area (Å²) in [7, 11) is 0. The maximum Gasteiger partial charge on any atom is 0.146 e. The second-order valence-corrected chi connectivity index (χ2v) is 5.10. The van der Waals surface area contributed by atoms with Gasteiger partial charge in [0.15, 0.2) is 0 Å². The minimum absolute atomic E-state index is 0.117. The molecule has 0 aliphatic rings. The molecule has 19 heavy (non-hydrogen) atoms. The summed E-state index contributed by atoms with van der Waals surface area (Å²) < 4.78 is 6.48. The highest BCUT2D eigenvalue weighted by Crippen LogP contribution is 2.33. The van der Waals surface area contributed by atoms with Gasteiger partial charge < -0.3 is 9.84 Å². The van der Waals surface area contributed by atoms with E-state index in [0.717, 1.165) is 4.47 Å². The number of ether oxygens (including phenoxy) is 1. The van der Waals surface area contributed by atoms with Crippen LogP contribution in [-0.4, -0.2) is 5.11 Å². The van der Waals surface area contributed by atoms with E-state index < -0.39 is 0 Å². The standard InChI is InChI=1S/C14H9BrClNO2/c15-11-2-4-14(12(16)6-11)19-13-3-1-9(8-18)5-10(13)7-17/h1-6,18H,8H2. The summed E-state index contributed by atoms with van der Waals surface area (Å²) in [5, 5.41) is 18.6. The number of benzene rings is 2. The van der Waals surface area contributed by atoms with Crippen LogP contribution in [0.5, 0.6) is 11.5 Å². The molecule has 5 heteroatoms. The summed E-state index contributed by atoms with van der Waals surface area (Å²) in [5.41, 5.74) is 1.01. The van der Waals surface area contributed by atoms with Crippen LogP contribution in [0.25, 0.3) is 0 Å². The Kier molecular flexibility index (Phi) is 4.43. The van der Waals surface area contributed by atoms with Crippen molar-refractivity contribution in [3.63, 3.8) is 0 Å². The van der Waals surface area contributed by atoms with E-state index in [4.69, 9.17) is 26.7 Å². The Morgan fingerprint density at radius 1 is 1.21 bits per heavy atom. The van der Waals surface area contributed by atoms with Crippen molar-refractivity contribution in [2.45, 2.75) is 6.61 Å². The number of nitriles is 1. The zero-order valence-electron chi connectivity index (χ0n) is 9.73. The molecule has 2 aromatic carbocycles. The van der Waals surface area contributed by atoms with Gasteiger partial charge in [0.2, 0.25) is 0 Å². The van der Waals surface area contributed by atoms with Crippen molar-refractivity contribution in [3.05, 3.63) is 57.0 Å². The van der Waals surface area contributed by atoms with Crippen LogP contribution in [0.2, 0.25) is 5.02 Å². The smallest absolute Gasteiger partial charge is 0.146 e. The average Bonchev–Trinajstić information content (AvgIpc) is 2.42. The summed E-state index contributed by atoms with van der Waals surface area (Å²) in [6, 6.07) is 12.2. The van der Waals surface area contributed by atoms with Crippen LogP contribution in [-0.2, 0) is 6.61 Å². The molecule has 1 N–H and O–H groups in total. The predicted octanol–water partition coefficient (Wildman–Crippen LogP) is 4.26. The lowest BCUT2D eigenvalue weighted by Crippen LogP contribution is -1.92. The molecule has 0 fully saturated rings. The van der Waals surface area contributed by atoms with Crippen LogP contribution < -0.4 is 4.74 Å². The summed E-state index contributed by atoms with van der Waals surface area (Å²) in [4.78, 5) is 0. The van der Waals surface area contributed by atoms with Gasteiger partial charge in [-0.3, -0.25) is 0 Å². The quantitative estimate of drug-likeness (QED) is 0.910. The van der Waals surface area contributed by atoms with Crippen molar-refractivity contribution >= 4 is 27.5 Å². The van der Waals surface area contributed by atoms with Crippen molar-refractivity contribution in [2.75, 3.05) is 0 Å². The molecule has 3 nitrogen and oxygen atoms in total. The lowest BCUT2D eigenvalue weighted by atomic mass is 10.1. The molecule has 0 aliphatic carbocycles. The topological polar surface area (TPSA) is 53.2 Å². The fourth-order valence-electron chi connectivity index (χ4n) is 1.53. The third kappa shape index (κ3) is 3.27. The van der Waals surface area contributed by atoms with Crippen LogP contribution in [0.3, 0.4) is 0 Å². The maximum absolute atomic E-state index is 9.08. The molecule has 0 atom stereocenters. The van der Waals surface area contributed by atoms with Crippen LogP contribution in [0.15, 0.2) is 40.9 Å². The van der Waals surface area contributed by atoms with Gasteiger partial charge in [-0.1, -0.05) is 33.6 Å². The minimum atomic E-state index is -0.117. The molecule has 0 aromatic heterocycles. The Hall–Kier alpha value is -1.54. The second kappa shape index (κ2) is 6.07. The number of rotatable bonds is 3. The molecule has 0 amide bonds. The molecular weight excluding hydrogens is 330 g/mol. The Bertz CT molecular complexity index is 652. The molecule has 96 valence electrons. The van der Waals surface area contributed by atoms with Crippen molar-refractivity contribution < 1.29 is 9.84 Å². The third-order valence-electron chi connectivity index (χ3n) is 2.46. The number of halogens is 2. The van der Waals surface area contributed by atoms with Crippen LogP contribution >= 0.6 is 27.5 Å². The number of hydrogen-bond donors (Lipinski definition) is 1. The van der Waals surface area contributed by atoms with Crippen molar-refractivity contribution in [3.8, 4) is 17.6 Å². The second-order valence-electron chi connectivity index (χ2n) is 3.78. The molecule has 0 saturated carbocycles. The Balaban J connectivity index is 2.35. The predicted molar refractivity (Wildman–Crippen MR) is 76.3 cm³/mol. The molecule has 0 radical (unpaired) electrons. The number of hydrogen-bond acceptors (Lipinski definition) is 3. The van der Waals surface area contributed by atoms with Gasteiger partial charge in [-0.25, -0.2) is 0 Å². The van der Waals surface area contributed by atoms with Crippen LogP contribution in [0, 0.1) is 11.3 Å². The monoisotopic (exact) mass is 337 g/mol. The first-order valence-electron chi connectivity index (χ1n) is 5.41. The molecule has 0 spiro atoms. The van der Waals surface area contributed by atoms with Gasteiger partial charge in [0, 0.05) is 4.47 Å². The first-order valence-corrected chi connectivity index (χ1v) is 6.58. The van der Waals surface area contributed by atoms with Gasteiger partial charge in [0.25, 0.3) is 0 Å². The van der Waals surface area contributed by atoms with Gasteiger partial charge in [0.05, 0.1) is 17.2 Å². The van der Waals surface area contributed by atoms with Gasteiger partial charge in [-0.2, -0.15) is 5.26 Å². The molecule has 2 rings (SSSR count). The molecule has 0 saturated heterocycles. The van der Waals surface area contributed by atoms with E-state index in [0.29, 0.717) is 27.6 Å². The highest BCUT2D eigenvalue weighted by atomic mass is 79.9. The third-order valence-corrected chi connectivity index (χ3v) is 3.25. The van der Waals surface area contributed by atoms with E-state index in [9.17, 15) is 0 Å². The Labute approximate surface area is 124 Å². The molecule has 0 aliphatic heterocycles. The molecular formula is C14H9BrClNO2. The largest absolute Gasteiger partial charge is 0.454 e. The van der Waals surface area contributed by atoms with Crippen molar-refractivity contribution in [1.29, 1.82) is 5.26 Å². The average molecular weight is 339 g/mol. The summed E-state index contributed by atoms with van der Waals surface area (Å²) in [6.45, 7) is -0.117. The van der Waals surface area contributed by atoms with Crippen molar-refractivity contribution in [2.24, 2.45) is 0 Å². The first-order chi connectivity index (χ1) is 9.13. The molecule has 2 aromatic rings. The fourth-order valence-corrected chi connectivity index (χ4v) is 2.24. The Morgan fingerprint density at radius 3 is 2.58 bits per heavy atom. The van der Waals surface area contributed by atoms with E-state index in [1.54, 1.807) is 36.4 Å². The lowest BCUT2D eigenvalue weighted by molar-refractivity contribution is 0.281. The highest BCUT2D eigenvalue weighted by molar-refractivity contribution is 9.10. The Morgan fingerprint density at radius 2 is 1.95 bits per heavy atom. The first kappa shape index (κ1) is 13.9. The SMILES string of the molecule is N#Cc1cc(CO)ccc1Oc1ccc(Br)cc1Cl. The van der Waals surface area contributed by atoms with Gasteiger partial charge in [-0.05, 0) is 35.9 Å². The fraction of sp³-hybridized carbons (Fsp3) is 0.0714. The van der Waals surface area contributed by atoms with Gasteiger partial charge in [-0.15, -0.1) is 0 Å². The molecule has 0 unspecified atom stereocenters. The van der Waals surface area contributed by atoms with Gasteiger partial charge in [0.1, 0.15) is 17.6 Å². The van der Waals surface area contributed by atoms with E-state index in [1.807, 2.05) is 6.07 Å². The molecule has 0 bridgehead atoms. The molecule has 0 heterocycles. The minimum Gasteiger partial charge on any atom is -0.454 e. The van der Waals surface area contributed by atoms with E-state index >= 15 is 0 Å². The van der Waals surface area contributed by atoms with E-state index in [-0.39, 0.29) is 6.61 Å². The number of nitrogens with zero attached hydrogens (tertiary/aromatic N) is 1. The normalized spacial score (nSPS) is 10.0. The maximum atomic E-state index is 9.08. The summed E-state index contributed by atoms with van der Waals surface area (Å²) in [5.74, 6) is 0.877. The van der Waals surface area contributed by atoms with Gasteiger partial charge >= 0.3 is 0 Å². The highest BCUT2D eigenvalue weighted by Gasteiger charge is 2.08. The summed E-state index contributed by atoms with van der Waals surface area (Å²) in [6.07, 6.45) is 0.